The van der Waals surface area contributed by atoms with Crippen LogP contribution in [-0.4, -0.2) is 11.9 Å². The van der Waals surface area contributed by atoms with Gasteiger partial charge >= 0.3 is 17.1 Å². The van der Waals surface area contributed by atoms with Gasteiger partial charge in [0.25, 0.3) is 0 Å². The van der Waals surface area contributed by atoms with Crippen LogP contribution >= 0.6 is 0 Å². The first-order valence-corrected chi connectivity index (χ1v) is 7.68. The molecular formula is C16H30FeO4. The Morgan fingerprint density at radius 2 is 0.762 bits per heavy atom. The molecule has 0 amide bonds. The van der Waals surface area contributed by atoms with Gasteiger partial charge in [0.1, 0.15) is 0 Å². The Hall–Kier alpha value is -0.541. The number of carboxylic acid groups (broad SMARTS) is 2. The fourth-order valence-electron chi connectivity index (χ4n) is 2.37. The maximum absolute atomic E-state index is 10.6. The first-order valence-electron chi connectivity index (χ1n) is 7.68. The molecule has 0 aromatic heterocycles. The minimum absolute atomic E-state index is 0. The van der Waals surface area contributed by atoms with E-state index in [9.17, 15) is 19.8 Å². The second-order valence-electron chi connectivity index (χ2n) is 5.26. The number of hydrogen-bond acceptors (Lipinski definition) is 4. The standard InChI is InChI=1S/2C8H16O2.Fe/c2*1-4-8(5-2,6-3)7(9)10;/h2*4-6H2,1-3H3,(H,9,10);/q;;+2/p-2. The van der Waals surface area contributed by atoms with Crippen LogP contribution in [0.25, 0.3) is 0 Å². The zero-order valence-corrected chi connectivity index (χ0v) is 15.3. The monoisotopic (exact) mass is 342 g/mol. The van der Waals surface area contributed by atoms with Crippen LogP contribution in [0.3, 0.4) is 0 Å². The third-order valence-electron chi connectivity index (χ3n) is 4.93. The van der Waals surface area contributed by atoms with Crippen LogP contribution in [0.2, 0.25) is 0 Å². The summed E-state index contributed by atoms with van der Waals surface area (Å²) in [7, 11) is 0. The van der Waals surface area contributed by atoms with Crippen molar-refractivity contribution in [3.63, 3.8) is 0 Å². The van der Waals surface area contributed by atoms with Gasteiger partial charge < -0.3 is 19.8 Å². The van der Waals surface area contributed by atoms with E-state index in [2.05, 4.69) is 0 Å². The quantitative estimate of drug-likeness (QED) is 0.631. The molecule has 0 unspecified atom stereocenters. The predicted molar refractivity (Wildman–Crippen MR) is 76.6 cm³/mol. The Morgan fingerprint density at radius 1 is 0.619 bits per heavy atom. The van der Waals surface area contributed by atoms with Crippen molar-refractivity contribution >= 4 is 11.9 Å². The van der Waals surface area contributed by atoms with Crippen LogP contribution in [0.15, 0.2) is 0 Å². The van der Waals surface area contributed by atoms with Gasteiger partial charge in [0.05, 0.1) is 0 Å². The van der Waals surface area contributed by atoms with E-state index in [1.165, 1.54) is 0 Å². The molecule has 0 aliphatic rings. The summed E-state index contributed by atoms with van der Waals surface area (Å²) < 4.78 is 0. The van der Waals surface area contributed by atoms with Crippen LogP contribution in [0.1, 0.15) is 80.1 Å². The molecule has 0 heterocycles. The summed E-state index contributed by atoms with van der Waals surface area (Å²) in [6.45, 7) is 11.3. The van der Waals surface area contributed by atoms with Crippen molar-refractivity contribution in [3.8, 4) is 0 Å². The molecule has 0 rings (SSSR count). The number of carbonyl (C=O) groups excluding carboxylic acids is 2. The molecule has 0 atom stereocenters. The van der Waals surface area contributed by atoms with Crippen LogP contribution in [0.5, 0.6) is 0 Å². The molecule has 0 radical (unpaired) electrons. The van der Waals surface area contributed by atoms with E-state index in [1.807, 2.05) is 41.5 Å². The van der Waals surface area contributed by atoms with E-state index >= 15 is 0 Å². The predicted octanol–water partition coefficient (Wildman–Crippen LogP) is 1.90. The molecule has 0 aliphatic heterocycles. The molecule has 0 aliphatic carbocycles. The van der Waals surface area contributed by atoms with Gasteiger partial charge in [0, 0.05) is 22.8 Å². The van der Waals surface area contributed by atoms with Gasteiger partial charge in [0.15, 0.2) is 0 Å². The van der Waals surface area contributed by atoms with Crippen molar-refractivity contribution in [1.82, 2.24) is 0 Å². The normalized spacial score (nSPS) is 11.0. The van der Waals surface area contributed by atoms with Crippen LogP contribution in [-0.2, 0) is 26.7 Å². The van der Waals surface area contributed by atoms with E-state index in [4.69, 9.17) is 0 Å². The first kappa shape index (κ1) is 25.4. The number of carboxylic acids is 2. The zero-order chi connectivity index (χ0) is 16.4. The molecule has 0 saturated carbocycles. The molecule has 5 heteroatoms. The van der Waals surface area contributed by atoms with E-state index in [0.717, 1.165) is 0 Å². The van der Waals surface area contributed by atoms with Gasteiger partial charge in [-0.25, -0.2) is 0 Å². The minimum Gasteiger partial charge on any atom is -0.550 e. The molecule has 0 bridgehead atoms. The van der Waals surface area contributed by atoms with E-state index in [-0.39, 0.29) is 17.1 Å². The van der Waals surface area contributed by atoms with Gasteiger partial charge in [-0.2, -0.15) is 0 Å². The smallest absolute Gasteiger partial charge is 0.550 e. The van der Waals surface area contributed by atoms with Crippen molar-refractivity contribution in [2.75, 3.05) is 0 Å². The molecule has 0 aromatic rings. The molecule has 0 aromatic carbocycles. The molecule has 0 fully saturated rings. The van der Waals surface area contributed by atoms with Crippen molar-refractivity contribution in [2.24, 2.45) is 10.8 Å². The van der Waals surface area contributed by atoms with E-state index in [0.29, 0.717) is 38.5 Å². The Labute approximate surface area is 140 Å². The topological polar surface area (TPSA) is 80.3 Å². The van der Waals surface area contributed by atoms with Crippen molar-refractivity contribution in [3.05, 3.63) is 0 Å². The van der Waals surface area contributed by atoms with Crippen LogP contribution < -0.4 is 10.2 Å². The van der Waals surface area contributed by atoms with Crippen molar-refractivity contribution < 1.29 is 36.9 Å². The molecule has 0 N–H and O–H groups in total. The summed E-state index contributed by atoms with van der Waals surface area (Å²) in [5.41, 5.74) is -1.14. The summed E-state index contributed by atoms with van der Waals surface area (Å²) in [5.74, 6) is -1.81. The summed E-state index contributed by atoms with van der Waals surface area (Å²) in [5, 5.41) is 21.2. The zero-order valence-electron chi connectivity index (χ0n) is 14.2. The fourth-order valence-corrected chi connectivity index (χ4v) is 2.37. The Morgan fingerprint density at radius 3 is 0.762 bits per heavy atom. The molecule has 0 saturated heterocycles. The summed E-state index contributed by atoms with van der Waals surface area (Å²) in [4.78, 5) is 21.2. The second kappa shape index (κ2) is 12.0. The fraction of sp³-hybridized carbons (Fsp3) is 0.875. The molecule has 0 spiro atoms. The largest absolute Gasteiger partial charge is 2.00 e. The Bertz CT molecular complexity index is 248. The maximum Gasteiger partial charge on any atom is 2.00 e. The van der Waals surface area contributed by atoms with Gasteiger partial charge in [-0.1, -0.05) is 41.5 Å². The number of hydrogen-bond donors (Lipinski definition) is 0. The number of aliphatic carboxylic acids is 2. The summed E-state index contributed by atoms with van der Waals surface area (Å²) in [6, 6.07) is 0. The first-order chi connectivity index (χ1) is 9.25. The van der Waals surface area contributed by atoms with Gasteiger partial charge in [-0.05, 0) is 38.5 Å². The maximum atomic E-state index is 10.6. The summed E-state index contributed by atoms with van der Waals surface area (Å²) >= 11 is 0. The second-order valence-corrected chi connectivity index (χ2v) is 5.26. The molecule has 4 nitrogen and oxygen atoms in total. The Kier molecular flexibility index (Phi) is 14.6. The average molecular weight is 342 g/mol. The van der Waals surface area contributed by atoms with Crippen molar-refractivity contribution in [1.29, 1.82) is 0 Å². The minimum atomic E-state index is -0.903. The third-order valence-corrected chi connectivity index (χ3v) is 4.93. The molecule has 21 heavy (non-hydrogen) atoms. The Balaban J connectivity index is -0.000000295. The van der Waals surface area contributed by atoms with Gasteiger partial charge in [0.2, 0.25) is 0 Å². The van der Waals surface area contributed by atoms with Crippen LogP contribution in [0.4, 0.5) is 0 Å². The van der Waals surface area contributed by atoms with E-state index < -0.39 is 22.8 Å². The molecular weight excluding hydrogens is 312 g/mol. The number of carbonyl (C=O) groups is 2. The van der Waals surface area contributed by atoms with Crippen LogP contribution in [0, 0.1) is 10.8 Å². The van der Waals surface area contributed by atoms with Gasteiger partial charge in [-0.15, -0.1) is 0 Å². The average Bonchev–Trinajstić information content (AvgIpc) is 2.44. The van der Waals surface area contributed by atoms with E-state index in [1.54, 1.807) is 0 Å². The van der Waals surface area contributed by atoms with Crippen molar-refractivity contribution in [2.45, 2.75) is 80.1 Å². The summed E-state index contributed by atoms with van der Waals surface area (Å²) in [6.07, 6.45) is 4.01. The third kappa shape index (κ3) is 6.84. The number of rotatable bonds is 8. The SMILES string of the molecule is CCC(CC)(CC)C(=O)[O-].CCC(CC)(CC)C(=O)[O-].[Fe+2]. The van der Waals surface area contributed by atoms with Gasteiger partial charge in [-0.3, -0.25) is 0 Å². The molecule has 126 valence electrons.